The maximum absolute atomic E-state index is 6.60. The Morgan fingerprint density at radius 2 is 1.65 bits per heavy atom. The summed E-state index contributed by atoms with van der Waals surface area (Å²) in [7, 11) is -0.106. The molecular weight excluding hydrogens is 368 g/mol. The van der Waals surface area contributed by atoms with E-state index < -0.39 is 8.32 Å². The molecule has 2 aromatic rings. The van der Waals surface area contributed by atoms with E-state index in [1.54, 1.807) is 7.11 Å². The molecule has 0 aromatic heterocycles. The quantitative estimate of drug-likeness (QED) is 0.437. The Bertz CT molecular complexity index is 677. The first-order valence-corrected chi connectivity index (χ1v) is 12.0. The van der Waals surface area contributed by atoms with Crippen molar-refractivity contribution in [1.29, 1.82) is 0 Å². The summed E-state index contributed by atoms with van der Waals surface area (Å²) in [5.41, 5.74) is 1.23. The van der Waals surface area contributed by atoms with Gasteiger partial charge in [-0.15, -0.1) is 0 Å². The molecule has 0 aliphatic heterocycles. The van der Waals surface area contributed by atoms with Crippen molar-refractivity contribution in [2.45, 2.75) is 45.0 Å². The minimum atomic E-state index is -1.80. The lowest BCUT2D eigenvalue weighted by molar-refractivity contribution is 0.209. The molecule has 0 aliphatic carbocycles. The van der Waals surface area contributed by atoms with E-state index in [-0.39, 0.29) is 11.1 Å². The fraction of sp³-hybridized carbons (Fsp3) is 0.474. The summed E-state index contributed by atoms with van der Waals surface area (Å²) < 4.78 is 11.9. The Morgan fingerprint density at radius 1 is 1.04 bits per heavy atom. The molecule has 0 saturated heterocycles. The molecule has 0 spiro atoms. The molecule has 23 heavy (non-hydrogen) atoms. The summed E-state index contributed by atoms with van der Waals surface area (Å²) in [6.45, 7) is 11.4. The summed E-state index contributed by atoms with van der Waals surface area (Å²) in [5.74, 6) is 0.889. The molecule has 0 heterocycles. The number of methoxy groups -OCH3 is 1. The summed E-state index contributed by atoms with van der Waals surface area (Å²) in [6.07, 6.45) is 0.0855. The zero-order valence-electron chi connectivity index (χ0n) is 14.9. The van der Waals surface area contributed by atoms with E-state index in [4.69, 9.17) is 9.16 Å². The standard InChI is InChI=1S/C19H27BrO2Si/c1-19(2,3)23(5,6)22-18(13-20)16-8-7-15-12-17(21-4)10-9-14(15)11-16/h7-12,18H,13H2,1-6H3. The van der Waals surface area contributed by atoms with Crippen molar-refractivity contribution in [3.8, 4) is 5.75 Å². The summed E-state index contributed by atoms with van der Waals surface area (Å²) in [4.78, 5) is 0. The van der Waals surface area contributed by atoms with Crippen LogP contribution in [0.25, 0.3) is 10.8 Å². The lowest BCUT2D eigenvalue weighted by Gasteiger charge is -2.39. The Hall–Kier alpha value is -0.843. The van der Waals surface area contributed by atoms with Crippen LogP contribution in [0.3, 0.4) is 0 Å². The largest absolute Gasteiger partial charge is 0.497 e. The van der Waals surface area contributed by atoms with Crippen LogP contribution in [0.1, 0.15) is 32.4 Å². The Morgan fingerprint density at radius 3 is 2.22 bits per heavy atom. The topological polar surface area (TPSA) is 18.5 Å². The third-order valence-electron chi connectivity index (χ3n) is 4.83. The van der Waals surface area contributed by atoms with Crippen LogP contribution in [0.2, 0.25) is 18.1 Å². The molecule has 0 saturated carbocycles. The molecule has 0 amide bonds. The van der Waals surface area contributed by atoms with Crippen LogP contribution in [0.4, 0.5) is 0 Å². The van der Waals surface area contributed by atoms with Gasteiger partial charge in [0, 0.05) is 5.33 Å². The molecule has 2 rings (SSSR count). The predicted molar refractivity (Wildman–Crippen MR) is 105 cm³/mol. The van der Waals surface area contributed by atoms with Crippen LogP contribution < -0.4 is 4.74 Å². The van der Waals surface area contributed by atoms with Gasteiger partial charge >= 0.3 is 0 Å². The molecule has 0 N–H and O–H groups in total. The highest BCUT2D eigenvalue weighted by Crippen LogP contribution is 2.40. The van der Waals surface area contributed by atoms with Gasteiger partial charge in [-0.3, -0.25) is 0 Å². The van der Waals surface area contributed by atoms with Crippen LogP contribution in [0.15, 0.2) is 36.4 Å². The van der Waals surface area contributed by atoms with Gasteiger partial charge in [-0.05, 0) is 52.7 Å². The summed E-state index contributed by atoms with van der Waals surface area (Å²) in [5, 5.41) is 3.42. The molecule has 0 aliphatic rings. The number of halogens is 1. The maximum Gasteiger partial charge on any atom is 0.192 e. The van der Waals surface area contributed by atoms with Gasteiger partial charge in [-0.2, -0.15) is 0 Å². The van der Waals surface area contributed by atoms with Crippen LogP contribution in [0.5, 0.6) is 5.75 Å². The summed E-state index contributed by atoms with van der Waals surface area (Å²) >= 11 is 3.64. The zero-order valence-corrected chi connectivity index (χ0v) is 17.5. The minimum Gasteiger partial charge on any atom is -0.497 e. The Balaban J connectivity index is 2.33. The molecule has 1 atom stereocenters. The fourth-order valence-electron chi connectivity index (χ4n) is 2.29. The highest BCUT2D eigenvalue weighted by atomic mass is 79.9. The van der Waals surface area contributed by atoms with E-state index in [0.29, 0.717) is 0 Å². The molecule has 1 unspecified atom stereocenters. The molecule has 4 heteroatoms. The van der Waals surface area contributed by atoms with Gasteiger partial charge in [0.05, 0.1) is 13.2 Å². The Labute approximate surface area is 149 Å². The molecular formula is C19H27BrO2Si. The van der Waals surface area contributed by atoms with Crippen molar-refractivity contribution in [2.75, 3.05) is 12.4 Å². The number of ether oxygens (including phenoxy) is 1. The smallest absolute Gasteiger partial charge is 0.192 e. The number of fused-ring (bicyclic) bond motifs is 1. The third-order valence-corrected chi connectivity index (χ3v) is 9.90. The normalized spacial score (nSPS) is 14.0. The number of benzene rings is 2. The number of alkyl halides is 1. The van der Waals surface area contributed by atoms with E-state index in [1.807, 2.05) is 6.07 Å². The van der Waals surface area contributed by atoms with Crippen LogP contribution in [0, 0.1) is 0 Å². The van der Waals surface area contributed by atoms with Crippen molar-refractivity contribution in [1.82, 2.24) is 0 Å². The SMILES string of the molecule is COc1ccc2cc(C(CBr)O[Si](C)(C)C(C)(C)C)ccc2c1. The Kier molecular flexibility index (Phi) is 5.59. The molecule has 0 bridgehead atoms. The molecule has 2 aromatic carbocycles. The fourth-order valence-corrected chi connectivity index (χ4v) is 4.32. The van der Waals surface area contributed by atoms with Crippen LogP contribution >= 0.6 is 15.9 Å². The first-order chi connectivity index (χ1) is 10.7. The third kappa shape index (κ3) is 4.17. The van der Waals surface area contributed by atoms with Gasteiger partial charge in [0.25, 0.3) is 0 Å². The number of rotatable bonds is 5. The summed E-state index contributed by atoms with van der Waals surface area (Å²) in [6, 6.07) is 12.7. The molecule has 2 nitrogen and oxygen atoms in total. The van der Waals surface area contributed by atoms with Crippen LogP contribution in [-0.2, 0) is 4.43 Å². The van der Waals surface area contributed by atoms with Gasteiger partial charge in [-0.1, -0.05) is 54.9 Å². The van der Waals surface area contributed by atoms with E-state index in [1.165, 1.54) is 16.3 Å². The molecule has 0 radical (unpaired) electrons. The zero-order chi connectivity index (χ0) is 17.3. The van der Waals surface area contributed by atoms with E-state index in [9.17, 15) is 0 Å². The first kappa shape index (κ1) is 18.5. The number of hydrogen-bond donors (Lipinski definition) is 0. The maximum atomic E-state index is 6.60. The lowest BCUT2D eigenvalue weighted by atomic mass is 10.0. The average Bonchev–Trinajstić information content (AvgIpc) is 2.50. The monoisotopic (exact) mass is 394 g/mol. The average molecular weight is 395 g/mol. The van der Waals surface area contributed by atoms with Gasteiger partial charge in [-0.25, -0.2) is 0 Å². The van der Waals surface area contributed by atoms with Crippen molar-refractivity contribution in [3.05, 3.63) is 42.0 Å². The van der Waals surface area contributed by atoms with Crippen molar-refractivity contribution in [3.63, 3.8) is 0 Å². The molecule has 0 fully saturated rings. The first-order valence-electron chi connectivity index (χ1n) is 7.99. The van der Waals surface area contributed by atoms with E-state index in [0.717, 1.165) is 11.1 Å². The van der Waals surface area contributed by atoms with Gasteiger partial charge < -0.3 is 9.16 Å². The van der Waals surface area contributed by atoms with Gasteiger partial charge in [0.15, 0.2) is 8.32 Å². The second-order valence-corrected chi connectivity index (χ2v) is 12.9. The van der Waals surface area contributed by atoms with Crippen molar-refractivity contribution < 1.29 is 9.16 Å². The minimum absolute atomic E-state index is 0.0855. The predicted octanol–water partition coefficient (Wildman–Crippen LogP) is 6.31. The molecule has 126 valence electrons. The van der Waals surface area contributed by atoms with Gasteiger partial charge in [0.2, 0.25) is 0 Å². The van der Waals surface area contributed by atoms with Gasteiger partial charge in [0.1, 0.15) is 5.75 Å². The van der Waals surface area contributed by atoms with Crippen molar-refractivity contribution >= 4 is 35.0 Å². The highest BCUT2D eigenvalue weighted by molar-refractivity contribution is 9.09. The second kappa shape index (κ2) is 6.95. The second-order valence-electron chi connectivity index (χ2n) is 7.49. The van der Waals surface area contributed by atoms with Crippen molar-refractivity contribution in [2.24, 2.45) is 0 Å². The van der Waals surface area contributed by atoms with E-state index in [2.05, 4.69) is 80.1 Å². The van der Waals surface area contributed by atoms with Crippen LogP contribution in [-0.4, -0.2) is 20.8 Å². The number of hydrogen-bond acceptors (Lipinski definition) is 2. The lowest BCUT2D eigenvalue weighted by Crippen LogP contribution is -2.42. The highest BCUT2D eigenvalue weighted by Gasteiger charge is 2.39. The van der Waals surface area contributed by atoms with E-state index >= 15 is 0 Å².